The van der Waals surface area contributed by atoms with Crippen molar-refractivity contribution in [2.45, 2.75) is 32.1 Å². The smallest absolute Gasteiger partial charge is 0.309 e. The number of likely N-dealkylation sites (N-methyl/N-ethyl adjacent to an activating group) is 1. The molecule has 1 aliphatic carbocycles. The first kappa shape index (κ1) is 15.0. The summed E-state index contributed by atoms with van der Waals surface area (Å²) in [6.45, 7) is 3.70. The fraction of sp³-hybridized carbons (Fsp3) is 0.588. The Labute approximate surface area is 121 Å². The Balaban J connectivity index is 1.95. The van der Waals surface area contributed by atoms with Crippen molar-refractivity contribution in [1.29, 1.82) is 0 Å². The molecule has 0 N–H and O–H groups in total. The van der Waals surface area contributed by atoms with E-state index in [1.54, 1.807) is 0 Å². The standard InChI is InChI=1S/C17H25NO2/c1-13(17(19)20-3)11-18(2)12-15-9-6-8-14-7-4-5-10-16(14)15/h4-5,7,10,13,15H,6,8-9,11-12H2,1-3H3. The number of hydrogen-bond donors (Lipinski definition) is 0. The molecule has 3 heteroatoms. The Morgan fingerprint density at radius 3 is 2.95 bits per heavy atom. The van der Waals surface area contributed by atoms with E-state index >= 15 is 0 Å². The number of fused-ring (bicyclic) bond motifs is 1. The molecule has 1 aromatic rings. The number of esters is 1. The van der Waals surface area contributed by atoms with Crippen LogP contribution in [0.25, 0.3) is 0 Å². The summed E-state index contributed by atoms with van der Waals surface area (Å²) in [6.07, 6.45) is 3.71. The minimum atomic E-state index is -0.124. The lowest BCUT2D eigenvalue weighted by Crippen LogP contribution is -2.33. The second-order valence-electron chi connectivity index (χ2n) is 5.93. The quantitative estimate of drug-likeness (QED) is 0.774. The SMILES string of the molecule is COC(=O)C(C)CN(C)CC1CCCc2ccccc21. The Bertz CT molecular complexity index is 458. The van der Waals surface area contributed by atoms with Gasteiger partial charge in [0.15, 0.2) is 0 Å². The van der Waals surface area contributed by atoms with Crippen LogP contribution < -0.4 is 0 Å². The van der Waals surface area contributed by atoms with Crippen molar-refractivity contribution in [3.63, 3.8) is 0 Å². The number of methoxy groups -OCH3 is 1. The van der Waals surface area contributed by atoms with Crippen LogP contribution in [0.1, 0.15) is 36.8 Å². The number of rotatable bonds is 5. The predicted molar refractivity (Wildman–Crippen MR) is 80.8 cm³/mol. The normalized spacial score (nSPS) is 19.5. The Hall–Kier alpha value is -1.35. The number of ether oxygens (including phenoxy) is 1. The topological polar surface area (TPSA) is 29.5 Å². The first-order valence-electron chi connectivity index (χ1n) is 7.46. The summed E-state index contributed by atoms with van der Waals surface area (Å²) in [7, 11) is 3.55. The molecule has 110 valence electrons. The van der Waals surface area contributed by atoms with Gasteiger partial charge in [0.2, 0.25) is 0 Å². The molecule has 0 aliphatic heterocycles. The Morgan fingerprint density at radius 1 is 1.45 bits per heavy atom. The van der Waals surface area contributed by atoms with Gasteiger partial charge >= 0.3 is 5.97 Å². The monoisotopic (exact) mass is 275 g/mol. The average Bonchev–Trinajstić information content (AvgIpc) is 2.46. The molecule has 0 radical (unpaired) electrons. The molecule has 0 fully saturated rings. The predicted octanol–water partition coefficient (Wildman–Crippen LogP) is 2.85. The van der Waals surface area contributed by atoms with Gasteiger partial charge in [0.05, 0.1) is 13.0 Å². The van der Waals surface area contributed by atoms with Crippen LogP contribution in [-0.2, 0) is 16.0 Å². The summed E-state index contributed by atoms with van der Waals surface area (Å²) in [5.74, 6) is 0.402. The molecule has 1 aromatic carbocycles. The van der Waals surface area contributed by atoms with Crippen LogP contribution in [0, 0.1) is 5.92 Å². The summed E-state index contributed by atoms with van der Waals surface area (Å²) in [4.78, 5) is 13.7. The highest BCUT2D eigenvalue weighted by atomic mass is 16.5. The molecule has 2 rings (SSSR count). The van der Waals surface area contributed by atoms with E-state index in [4.69, 9.17) is 4.74 Å². The van der Waals surface area contributed by atoms with Crippen LogP contribution in [0.4, 0.5) is 0 Å². The third-order valence-electron chi connectivity index (χ3n) is 4.21. The highest BCUT2D eigenvalue weighted by Gasteiger charge is 2.22. The highest BCUT2D eigenvalue weighted by molar-refractivity contribution is 5.72. The maximum absolute atomic E-state index is 11.5. The minimum absolute atomic E-state index is 0.0659. The Morgan fingerprint density at radius 2 is 2.20 bits per heavy atom. The molecule has 20 heavy (non-hydrogen) atoms. The first-order valence-corrected chi connectivity index (χ1v) is 7.46. The zero-order valence-electron chi connectivity index (χ0n) is 12.8. The van der Waals surface area contributed by atoms with Gasteiger partial charge in [-0.05, 0) is 43.4 Å². The summed E-state index contributed by atoms with van der Waals surface area (Å²) in [5.41, 5.74) is 2.99. The summed E-state index contributed by atoms with van der Waals surface area (Å²) < 4.78 is 4.79. The van der Waals surface area contributed by atoms with Gasteiger partial charge in [-0.25, -0.2) is 0 Å². The van der Waals surface area contributed by atoms with Crippen LogP contribution in [0.2, 0.25) is 0 Å². The van der Waals surface area contributed by atoms with E-state index in [2.05, 4.69) is 36.2 Å². The summed E-state index contributed by atoms with van der Waals surface area (Å²) in [6, 6.07) is 8.77. The summed E-state index contributed by atoms with van der Waals surface area (Å²) in [5, 5.41) is 0. The van der Waals surface area contributed by atoms with Crippen molar-refractivity contribution in [3.8, 4) is 0 Å². The lowest BCUT2D eigenvalue weighted by molar-refractivity contribution is -0.145. The van der Waals surface area contributed by atoms with Gasteiger partial charge in [-0.2, -0.15) is 0 Å². The molecule has 0 saturated heterocycles. The third kappa shape index (κ3) is 3.60. The van der Waals surface area contributed by atoms with Gasteiger partial charge in [-0.1, -0.05) is 31.2 Å². The minimum Gasteiger partial charge on any atom is -0.469 e. The lowest BCUT2D eigenvalue weighted by atomic mass is 9.82. The van der Waals surface area contributed by atoms with Crippen molar-refractivity contribution in [3.05, 3.63) is 35.4 Å². The van der Waals surface area contributed by atoms with Crippen LogP contribution in [0.5, 0.6) is 0 Å². The van der Waals surface area contributed by atoms with Gasteiger partial charge in [-0.15, -0.1) is 0 Å². The van der Waals surface area contributed by atoms with Crippen molar-refractivity contribution < 1.29 is 9.53 Å². The number of benzene rings is 1. The number of nitrogens with zero attached hydrogens (tertiary/aromatic N) is 1. The fourth-order valence-corrected chi connectivity index (χ4v) is 3.24. The van der Waals surface area contributed by atoms with Gasteiger partial charge in [-0.3, -0.25) is 4.79 Å². The highest BCUT2D eigenvalue weighted by Crippen LogP contribution is 2.31. The van der Waals surface area contributed by atoms with Gasteiger partial charge < -0.3 is 9.64 Å². The Kier molecular flexibility index (Phi) is 5.18. The molecule has 0 bridgehead atoms. The molecule has 1 aliphatic rings. The van der Waals surface area contributed by atoms with E-state index in [0.29, 0.717) is 5.92 Å². The fourth-order valence-electron chi connectivity index (χ4n) is 3.24. The first-order chi connectivity index (χ1) is 9.61. The van der Waals surface area contributed by atoms with Gasteiger partial charge in [0, 0.05) is 13.1 Å². The molecule has 0 spiro atoms. The molecule has 2 atom stereocenters. The van der Waals surface area contributed by atoms with Gasteiger partial charge in [0.25, 0.3) is 0 Å². The molecule has 3 nitrogen and oxygen atoms in total. The van der Waals surface area contributed by atoms with E-state index in [-0.39, 0.29) is 11.9 Å². The van der Waals surface area contributed by atoms with E-state index in [1.807, 2.05) is 6.92 Å². The summed E-state index contributed by atoms with van der Waals surface area (Å²) >= 11 is 0. The van der Waals surface area contributed by atoms with Crippen LogP contribution >= 0.6 is 0 Å². The number of carbonyl (C=O) groups excluding carboxylic acids is 1. The molecule has 0 heterocycles. The number of carbonyl (C=O) groups is 1. The van der Waals surface area contributed by atoms with E-state index in [1.165, 1.54) is 37.5 Å². The van der Waals surface area contributed by atoms with Crippen LogP contribution in [0.15, 0.2) is 24.3 Å². The second-order valence-corrected chi connectivity index (χ2v) is 5.93. The van der Waals surface area contributed by atoms with Crippen LogP contribution in [-0.4, -0.2) is 38.1 Å². The maximum atomic E-state index is 11.5. The number of hydrogen-bond acceptors (Lipinski definition) is 3. The zero-order chi connectivity index (χ0) is 14.5. The maximum Gasteiger partial charge on any atom is 0.309 e. The van der Waals surface area contributed by atoms with Crippen molar-refractivity contribution >= 4 is 5.97 Å². The molecular formula is C17H25NO2. The van der Waals surface area contributed by atoms with Crippen molar-refractivity contribution in [2.75, 3.05) is 27.2 Å². The average molecular weight is 275 g/mol. The molecule has 0 aromatic heterocycles. The van der Waals surface area contributed by atoms with Crippen LogP contribution in [0.3, 0.4) is 0 Å². The molecule has 0 saturated carbocycles. The van der Waals surface area contributed by atoms with Crippen molar-refractivity contribution in [2.24, 2.45) is 5.92 Å². The number of aryl methyl sites for hydroxylation is 1. The largest absolute Gasteiger partial charge is 0.469 e. The molecule has 2 unspecified atom stereocenters. The molecular weight excluding hydrogens is 250 g/mol. The van der Waals surface area contributed by atoms with Gasteiger partial charge in [0.1, 0.15) is 0 Å². The lowest BCUT2D eigenvalue weighted by Gasteiger charge is -2.30. The second kappa shape index (κ2) is 6.89. The molecule has 0 amide bonds. The zero-order valence-corrected chi connectivity index (χ0v) is 12.8. The van der Waals surface area contributed by atoms with E-state index in [9.17, 15) is 4.79 Å². The van der Waals surface area contributed by atoms with Crippen molar-refractivity contribution in [1.82, 2.24) is 4.90 Å². The van der Waals surface area contributed by atoms with E-state index in [0.717, 1.165) is 13.1 Å². The third-order valence-corrected chi connectivity index (χ3v) is 4.21. The van der Waals surface area contributed by atoms with E-state index < -0.39 is 0 Å².